The highest BCUT2D eigenvalue weighted by atomic mass is 16.2. The quantitative estimate of drug-likeness (QED) is 0.731. The Bertz CT molecular complexity index is 505. The minimum absolute atomic E-state index is 0.0472. The maximum Gasteiger partial charge on any atom is 0.241 e. The molecule has 1 saturated heterocycles. The van der Waals surface area contributed by atoms with Crippen LogP contribution in [0, 0.1) is 5.41 Å². The van der Waals surface area contributed by atoms with Crippen LogP contribution in [0.2, 0.25) is 0 Å². The van der Waals surface area contributed by atoms with Crippen LogP contribution in [-0.4, -0.2) is 41.7 Å². The molecule has 0 unspecified atom stereocenters. The number of hydrogen-bond acceptors (Lipinski definition) is 4. The predicted molar refractivity (Wildman–Crippen MR) is 79.8 cm³/mol. The van der Waals surface area contributed by atoms with Crippen LogP contribution in [-0.2, 0) is 16.1 Å². The second kappa shape index (κ2) is 6.71. The maximum absolute atomic E-state index is 12.6. The predicted octanol–water partition coefficient (Wildman–Crippen LogP) is 0.347. The zero-order valence-corrected chi connectivity index (χ0v) is 12.6. The molecule has 0 bridgehead atoms. The van der Waals surface area contributed by atoms with Gasteiger partial charge in [-0.05, 0) is 32.4 Å². The number of nitrogens with zero attached hydrogens (tertiary/aromatic N) is 2. The molecule has 3 N–H and O–H groups in total. The summed E-state index contributed by atoms with van der Waals surface area (Å²) >= 11 is 0. The fourth-order valence-corrected chi connectivity index (χ4v) is 2.65. The van der Waals surface area contributed by atoms with E-state index >= 15 is 0 Å². The molecular formula is C14H23N5O2. The highest BCUT2D eigenvalue weighted by Crippen LogP contribution is 2.33. The summed E-state index contributed by atoms with van der Waals surface area (Å²) in [5.74, 6) is -0.0784. The number of likely N-dealkylation sites (N-methyl/N-ethyl adjacent to an activating group) is 1. The van der Waals surface area contributed by atoms with E-state index < -0.39 is 0 Å². The van der Waals surface area contributed by atoms with Gasteiger partial charge in [0.25, 0.3) is 0 Å². The van der Waals surface area contributed by atoms with E-state index in [2.05, 4.69) is 28.0 Å². The zero-order valence-electron chi connectivity index (χ0n) is 12.6. The Morgan fingerprint density at radius 2 is 2.14 bits per heavy atom. The Morgan fingerprint density at radius 1 is 1.43 bits per heavy atom. The molecule has 2 heterocycles. The molecular weight excluding hydrogens is 270 g/mol. The molecule has 7 nitrogen and oxygen atoms in total. The van der Waals surface area contributed by atoms with Gasteiger partial charge in [-0.2, -0.15) is 5.10 Å². The fourth-order valence-electron chi connectivity index (χ4n) is 2.65. The lowest BCUT2D eigenvalue weighted by atomic mass is 9.76. The molecule has 1 aromatic rings. The average molecular weight is 293 g/mol. The van der Waals surface area contributed by atoms with E-state index in [1.807, 2.05) is 0 Å². The summed E-state index contributed by atoms with van der Waals surface area (Å²) in [5.41, 5.74) is 0.337. The standard InChI is InChI=1S/C14H23N5O2/c1-3-14(4-6-16-7-5-14)13(21)18-11-8-17-19(9-11)10-12(20)15-2/h8-9,16H,3-7,10H2,1-2H3,(H,15,20)(H,18,21). The summed E-state index contributed by atoms with van der Waals surface area (Å²) in [7, 11) is 1.58. The Hall–Kier alpha value is -1.89. The molecule has 0 spiro atoms. The van der Waals surface area contributed by atoms with Crippen LogP contribution >= 0.6 is 0 Å². The number of amides is 2. The number of rotatable bonds is 5. The topological polar surface area (TPSA) is 88.0 Å². The Morgan fingerprint density at radius 3 is 2.76 bits per heavy atom. The number of hydrogen-bond donors (Lipinski definition) is 3. The SMILES string of the molecule is CCC1(C(=O)Nc2cnn(CC(=O)NC)c2)CCNCC1. The van der Waals surface area contributed by atoms with Crippen molar-refractivity contribution in [2.24, 2.45) is 5.41 Å². The van der Waals surface area contributed by atoms with E-state index in [0.717, 1.165) is 32.4 Å². The summed E-state index contributed by atoms with van der Waals surface area (Å²) in [6.07, 6.45) is 5.78. The number of piperidine rings is 1. The third kappa shape index (κ3) is 3.60. The van der Waals surface area contributed by atoms with Crippen LogP contribution in [0.4, 0.5) is 5.69 Å². The average Bonchev–Trinajstić information content (AvgIpc) is 2.94. The van der Waals surface area contributed by atoms with Gasteiger partial charge >= 0.3 is 0 Å². The van der Waals surface area contributed by atoms with E-state index in [4.69, 9.17) is 0 Å². The molecule has 1 aromatic heterocycles. The second-order valence-electron chi connectivity index (χ2n) is 5.44. The first-order valence-corrected chi connectivity index (χ1v) is 7.35. The van der Waals surface area contributed by atoms with E-state index in [9.17, 15) is 9.59 Å². The highest BCUT2D eigenvalue weighted by Gasteiger charge is 2.37. The molecule has 2 rings (SSSR count). The largest absolute Gasteiger partial charge is 0.358 e. The van der Waals surface area contributed by atoms with Crippen LogP contribution in [0.5, 0.6) is 0 Å². The van der Waals surface area contributed by atoms with Gasteiger partial charge in [0.05, 0.1) is 17.3 Å². The van der Waals surface area contributed by atoms with Crippen LogP contribution in [0.3, 0.4) is 0 Å². The second-order valence-corrected chi connectivity index (χ2v) is 5.44. The van der Waals surface area contributed by atoms with Crippen molar-refractivity contribution in [3.05, 3.63) is 12.4 Å². The molecule has 1 fully saturated rings. The van der Waals surface area contributed by atoms with E-state index in [0.29, 0.717) is 5.69 Å². The van der Waals surface area contributed by atoms with Crippen molar-refractivity contribution in [1.29, 1.82) is 0 Å². The van der Waals surface area contributed by atoms with Gasteiger partial charge < -0.3 is 16.0 Å². The Labute approximate surface area is 124 Å². The first-order chi connectivity index (χ1) is 10.1. The molecule has 116 valence electrons. The number of carbonyl (C=O) groups is 2. The van der Waals surface area contributed by atoms with Crippen molar-refractivity contribution in [3.8, 4) is 0 Å². The number of aromatic nitrogens is 2. The van der Waals surface area contributed by atoms with Crippen LogP contribution in [0.25, 0.3) is 0 Å². The van der Waals surface area contributed by atoms with Gasteiger partial charge in [-0.25, -0.2) is 0 Å². The van der Waals surface area contributed by atoms with Gasteiger partial charge in [0.15, 0.2) is 0 Å². The first kappa shape index (κ1) is 15.5. The lowest BCUT2D eigenvalue weighted by Crippen LogP contribution is -2.44. The number of carbonyl (C=O) groups excluding carboxylic acids is 2. The molecule has 1 aliphatic heterocycles. The van der Waals surface area contributed by atoms with Crippen LogP contribution in [0.15, 0.2) is 12.4 Å². The van der Waals surface area contributed by atoms with Crippen molar-refractivity contribution >= 4 is 17.5 Å². The van der Waals surface area contributed by atoms with Crippen LogP contribution < -0.4 is 16.0 Å². The van der Waals surface area contributed by atoms with Gasteiger partial charge in [-0.3, -0.25) is 14.3 Å². The van der Waals surface area contributed by atoms with Gasteiger partial charge in [0.1, 0.15) is 6.54 Å². The summed E-state index contributed by atoms with van der Waals surface area (Å²) in [6.45, 7) is 3.95. The minimum atomic E-state index is -0.297. The minimum Gasteiger partial charge on any atom is -0.358 e. The molecule has 0 aromatic carbocycles. The van der Waals surface area contributed by atoms with Crippen molar-refractivity contribution in [3.63, 3.8) is 0 Å². The zero-order chi connectivity index (χ0) is 15.3. The third-order valence-electron chi connectivity index (χ3n) is 4.19. The van der Waals surface area contributed by atoms with Gasteiger partial charge in [-0.15, -0.1) is 0 Å². The normalized spacial score (nSPS) is 17.2. The molecule has 1 aliphatic rings. The molecule has 21 heavy (non-hydrogen) atoms. The lowest BCUT2D eigenvalue weighted by Gasteiger charge is -2.35. The fraction of sp³-hybridized carbons (Fsp3) is 0.643. The summed E-state index contributed by atoms with van der Waals surface area (Å²) in [5, 5.41) is 12.8. The van der Waals surface area contributed by atoms with Crippen molar-refractivity contribution < 1.29 is 9.59 Å². The summed E-state index contributed by atoms with van der Waals surface area (Å²) in [6, 6.07) is 0. The Kier molecular flexibility index (Phi) is 4.95. The first-order valence-electron chi connectivity index (χ1n) is 7.35. The lowest BCUT2D eigenvalue weighted by molar-refractivity contribution is -0.127. The summed E-state index contributed by atoms with van der Waals surface area (Å²) in [4.78, 5) is 23.8. The molecule has 0 aliphatic carbocycles. The Balaban J connectivity index is 2.00. The molecule has 0 atom stereocenters. The van der Waals surface area contributed by atoms with Gasteiger partial charge in [-0.1, -0.05) is 6.92 Å². The number of nitrogens with one attached hydrogen (secondary N) is 3. The molecule has 2 amide bonds. The van der Waals surface area contributed by atoms with Crippen molar-refractivity contribution in [2.45, 2.75) is 32.7 Å². The van der Waals surface area contributed by atoms with Crippen LogP contribution in [0.1, 0.15) is 26.2 Å². The highest BCUT2D eigenvalue weighted by molar-refractivity contribution is 5.95. The smallest absolute Gasteiger partial charge is 0.241 e. The van der Waals surface area contributed by atoms with Gasteiger partial charge in [0, 0.05) is 13.2 Å². The molecule has 0 radical (unpaired) electrons. The van der Waals surface area contributed by atoms with E-state index in [1.165, 1.54) is 4.68 Å². The molecule has 0 saturated carbocycles. The van der Waals surface area contributed by atoms with Crippen molar-refractivity contribution in [2.75, 3.05) is 25.5 Å². The van der Waals surface area contributed by atoms with E-state index in [-0.39, 0.29) is 23.8 Å². The number of anilines is 1. The summed E-state index contributed by atoms with van der Waals surface area (Å²) < 4.78 is 1.51. The third-order valence-corrected chi connectivity index (χ3v) is 4.19. The van der Waals surface area contributed by atoms with Crippen molar-refractivity contribution in [1.82, 2.24) is 20.4 Å². The monoisotopic (exact) mass is 293 g/mol. The molecule has 7 heteroatoms. The maximum atomic E-state index is 12.6. The van der Waals surface area contributed by atoms with E-state index in [1.54, 1.807) is 19.4 Å². The van der Waals surface area contributed by atoms with Gasteiger partial charge in [0.2, 0.25) is 11.8 Å².